The van der Waals surface area contributed by atoms with Crippen LogP contribution in [0.1, 0.15) is 49.5 Å². The van der Waals surface area contributed by atoms with Gasteiger partial charge in [0, 0.05) is 12.6 Å². The quantitative estimate of drug-likeness (QED) is 0.925. The van der Waals surface area contributed by atoms with E-state index in [1.165, 1.54) is 12.1 Å². The lowest BCUT2D eigenvalue weighted by Gasteiger charge is -2.30. The summed E-state index contributed by atoms with van der Waals surface area (Å²) in [5.41, 5.74) is 0.267. The summed E-state index contributed by atoms with van der Waals surface area (Å²) in [6.45, 7) is 2.42. The lowest BCUT2D eigenvalue weighted by molar-refractivity contribution is 0.0601. The van der Waals surface area contributed by atoms with Crippen molar-refractivity contribution in [2.24, 2.45) is 0 Å². The summed E-state index contributed by atoms with van der Waals surface area (Å²) in [4.78, 5) is 18.2. The van der Waals surface area contributed by atoms with E-state index in [9.17, 15) is 14.3 Å². The average molecular weight is 280 g/mol. The predicted molar refractivity (Wildman–Crippen MR) is 73.8 cm³/mol. The van der Waals surface area contributed by atoms with Crippen LogP contribution in [-0.4, -0.2) is 39.6 Å². The first-order valence-corrected chi connectivity index (χ1v) is 7.18. The summed E-state index contributed by atoms with van der Waals surface area (Å²) in [6, 6.07) is 2.71. The minimum Gasteiger partial charge on any atom is -0.393 e. The van der Waals surface area contributed by atoms with E-state index in [0.29, 0.717) is 13.0 Å². The Morgan fingerprint density at radius 2 is 2.30 bits per heavy atom. The molecule has 0 spiro atoms. The lowest BCUT2D eigenvalue weighted by Crippen LogP contribution is -2.41. The molecule has 1 aliphatic rings. The standard InChI is InChI=1S/C15H21FN2O2/c1-11(19)9-13-5-3-2-4-8-18(13)15(20)14-7-6-12(16)10-17-14/h6-7,10-11,13,19H,2-5,8-9H2,1H3. The summed E-state index contributed by atoms with van der Waals surface area (Å²) in [7, 11) is 0. The van der Waals surface area contributed by atoms with Crippen LogP contribution in [0.2, 0.25) is 0 Å². The molecule has 110 valence electrons. The Labute approximate surface area is 118 Å². The van der Waals surface area contributed by atoms with Gasteiger partial charge in [-0.2, -0.15) is 0 Å². The van der Waals surface area contributed by atoms with Gasteiger partial charge in [-0.25, -0.2) is 9.37 Å². The highest BCUT2D eigenvalue weighted by molar-refractivity contribution is 5.92. The number of pyridine rings is 1. The van der Waals surface area contributed by atoms with Crippen LogP contribution in [0.5, 0.6) is 0 Å². The molecule has 1 aliphatic heterocycles. The fourth-order valence-electron chi connectivity index (χ4n) is 2.73. The van der Waals surface area contributed by atoms with Crippen molar-refractivity contribution in [3.05, 3.63) is 29.8 Å². The molecule has 1 aromatic heterocycles. The number of halogens is 1. The number of hydrogen-bond acceptors (Lipinski definition) is 3. The van der Waals surface area contributed by atoms with Crippen LogP contribution in [0.15, 0.2) is 18.3 Å². The number of likely N-dealkylation sites (tertiary alicyclic amines) is 1. The van der Waals surface area contributed by atoms with Gasteiger partial charge in [0.1, 0.15) is 11.5 Å². The lowest BCUT2D eigenvalue weighted by atomic mass is 10.0. The molecule has 1 saturated heterocycles. The van der Waals surface area contributed by atoms with Crippen molar-refractivity contribution in [1.82, 2.24) is 9.88 Å². The SMILES string of the molecule is CC(O)CC1CCCCCN1C(=O)c1ccc(F)cn1. The maximum absolute atomic E-state index is 12.9. The number of aromatic nitrogens is 1. The monoisotopic (exact) mass is 280 g/mol. The van der Waals surface area contributed by atoms with Crippen molar-refractivity contribution < 1.29 is 14.3 Å². The van der Waals surface area contributed by atoms with Crippen molar-refractivity contribution in [2.75, 3.05) is 6.54 Å². The molecule has 1 fully saturated rings. The van der Waals surface area contributed by atoms with Gasteiger partial charge in [0.2, 0.25) is 0 Å². The fraction of sp³-hybridized carbons (Fsp3) is 0.600. The maximum Gasteiger partial charge on any atom is 0.272 e. The maximum atomic E-state index is 12.9. The molecule has 1 aromatic rings. The summed E-state index contributed by atoms with van der Waals surface area (Å²) in [5, 5.41) is 9.60. The third kappa shape index (κ3) is 3.76. The second kappa shape index (κ2) is 6.79. The minimum absolute atomic E-state index is 0.0388. The van der Waals surface area contributed by atoms with E-state index >= 15 is 0 Å². The van der Waals surface area contributed by atoms with Crippen LogP contribution in [0.3, 0.4) is 0 Å². The van der Waals surface area contributed by atoms with Crippen LogP contribution in [0, 0.1) is 5.82 Å². The minimum atomic E-state index is -0.446. The van der Waals surface area contributed by atoms with E-state index in [1.807, 2.05) is 0 Å². The van der Waals surface area contributed by atoms with E-state index < -0.39 is 11.9 Å². The number of aliphatic hydroxyl groups is 1. The van der Waals surface area contributed by atoms with E-state index in [1.54, 1.807) is 11.8 Å². The topological polar surface area (TPSA) is 53.4 Å². The van der Waals surface area contributed by atoms with Crippen LogP contribution in [0.25, 0.3) is 0 Å². The molecular weight excluding hydrogens is 259 g/mol. The van der Waals surface area contributed by atoms with Crippen molar-refractivity contribution >= 4 is 5.91 Å². The Bertz CT molecular complexity index is 448. The molecule has 2 heterocycles. The first kappa shape index (κ1) is 14.9. The van der Waals surface area contributed by atoms with Crippen LogP contribution in [0.4, 0.5) is 4.39 Å². The van der Waals surface area contributed by atoms with Gasteiger partial charge in [-0.3, -0.25) is 4.79 Å². The number of carbonyl (C=O) groups excluding carboxylic acids is 1. The Morgan fingerprint density at radius 1 is 1.50 bits per heavy atom. The van der Waals surface area contributed by atoms with Gasteiger partial charge in [0.15, 0.2) is 0 Å². The molecule has 0 aliphatic carbocycles. The molecular formula is C15H21FN2O2. The van der Waals surface area contributed by atoms with Crippen LogP contribution >= 0.6 is 0 Å². The predicted octanol–water partition coefficient (Wildman–Crippen LogP) is 2.38. The highest BCUT2D eigenvalue weighted by Gasteiger charge is 2.27. The molecule has 2 atom stereocenters. The van der Waals surface area contributed by atoms with Gasteiger partial charge >= 0.3 is 0 Å². The van der Waals surface area contributed by atoms with E-state index in [0.717, 1.165) is 31.9 Å². The molecule has 0 saturated carbocycles. The number of nitrogens with zero attached hydrogens (tertiary/aromatic N) is 2. The third-order valence-electron chi connectivity index (χ3n) is 3.70. The van der Waals surface area contributed by atoms with Crippen molar-refractivity contribution in [3.63, 3.8) is 0 Å². The number of carbonyl (C=O) groups is 1. The Kier molecular flexibility index (Phi) is 5.06. The second-order valence-electron chi connectivity index (χ2n) is 5.45. The van der Waals surface area contributed by atoms with E-state index in [-0.39, 0.29) is 17.6 Å². The Morgan fingerprint density at radius 3 is 2.95 bits per heavy atom. The van der Waals surface area contributed by atoms with Crippen molar-refractivity contribution in [1.29, 1.82) is 0 Å². The molecule has 0 bridgehead atoms. The third-order valence-corrected chi connectivity index (χ3v) is 3.70. The molecule has 2 unspecified atom stereocenters. The molecule has 1 amide bonds. The van der Waals surface area contributed by atoms with Crippen molar-refractivity contribution in [2.45, 2.75) is 51.2 Å². The molecule has 4 nitrogen and oxygen atoms in total. The van der Waals surface area contributed by atoms with Gasteiger partial charge in [0.25, 0.3) is 5.91 Å². The fourth-order valence-corrected chi connectivity index (χ4v) is 2.73. The zero-order valence-electron chi connectivity index (χ0n) is 11.8. The second-order valence-corrected chi connectivity index (χ2v) is 5.45. The summed E-state index contributed by atoms with van der Waals surface area (Å²) < 4.78 is 12.9. The van der Waals surface area contributed by atoms with Gasteiger partial charge in [-0.15, -0.1) is 0 Å². The molecule has 1 N–H and O–H groups in total. The van der Waals surface area contributed by atoms with Crippen LogP contribution < -0.4 is 0 Å². The first-order valence-electron chi connectivity index (χ1n) is 7.18. The van der Waals surface area contributed by atoms with Crippen molar-refractivity contribution in [3.8, 4) is 0 Å². The number of rotatable bonds is 3. The molecule has 0 aromatic carbocycles. The summed E-state index contributed by atoms with van der Waals surface area (Å²) in [5.74, 6) is -0.615. The smallest absolute Gasteiger partial charge is 0.272 e. The normalized spacial score (nSPS) is 21.4. The molecule has 5 heteroatoms. The molecule has 20 heavy (non-hydrogen) atoms. The Balaban J connectivity index is 2.16. The Hall–Kier alpha value is -1.49. The zero-order chi connectivity index (χ0) is 14.5. The zero-order valence-corrected chi connectivity index (χ0v) is 11.8. The van der Waals surface area contributed by atoms with E-state index in [4.69, 9.17) is 0 Å². The highest BCUT2D eigenvalue weighted by atomic mass is 19.1. The first-order chi connectivity index (χ1) is 9.58. The highest BCUT2D eigenvalue weighted by Crippen LogP contribution is 2.22. The van der Waals surface area contributed by atoms with Gasteiger partial charge in [-0.05, 0) is 38.3 Å². The van der Waals surface area contributed by atoms with Gasteiger partial charge < -0.3 is 10.0 Å². The van der Waals surface area contributed by atoms with Gasteiger partial charge in [0.05, 0.1) is 12.3 Å². The average Bonchev–Trinajstić information content (AvgIpc) is 2.63. The molecule has 2 rings (SSSR count). The number of hydrogen-bond donors (Lipinski definition) is 1. The summed E-state index contributed by atoms with van der Waals surface area (Å²) in [6.07, 6.45) is 5.23. The van der Waals surface area contributed by atoms with E-state index in [2.05, 4.69) is 4.98 Å². The van der Waals surface area contributed by atoms with Crippen LogP contribution in [-0.2, 0) is 0 Å². The largest absolute Gasteiger partial charge is 0.393 e. The molecule has 0 radical (unpaired) electrons. The number of amides is 1. The summed E-state index contributed by atoms with van der Waals surface area (Å²) >= 11 is 0. The number of aliphatic hydroxyl groups excluding tert-OH is 1. The van der Waals surface area contributed by atoms with Gasteiger partial charge in [-0.1, -0.05) is 12.8 Å².